The quantitative estimate of drug-likeness (QED) is 0.735. The maximum absolute atomic E-state index is 12.3. The summed E-state index contributed by atoms with van der Waals surface area (Å²) in [6, 6.07) is 3.04. The molecule has 0 spiro atoms. The molecule has 0 saturated heterocycles. The molecule has 0 bridgehead atoms. The summed E-state index contributed by atoms with van der Waals surface area (Å²) in [5, 5.41) is 11.2. The first kappa shape index (κ1) is 17.1. The Morgan fingerprint density at radius 1 is 1.38 bits per heavy atom. The van der Waals surface area contributed by atoms with Crippen LogP contribution in [-0.4, -0.2) is 34.5 Å². The minimum atomic E-state index is -2.51. The normalized spacial score (nSPS) is 12.4. The maximum atomic E-state index is 12.3. The summed E-state index contributed by atoms with van der Waals surface area (Å²) in [4.78, 5) is 22.3. The van der Waals surface area contributed by atoms with E-state index < -0.39 is 24.8 Å². The fourth-order valence-electron chi connectivity index (χ4n) is 1.96. The lowest BCUT2D eigenvalue weighted by molar-refractivity contribution is -0.137. The van der Waals surface area contributed by atoms with E-state index in [1.807, 2.05) is 6.92 Å². The van der Waals surface area contributed by atoms with Gasteiger partial charge in [0.25, 0.3) is 12.3 Å². The van der Waals surface area contributed by atoms with E-state index in [0.29, 0.717) is 19.4 Å². The third-order valence-corrected chi connectivity index (χ3v) is 3.17. The smallest absolute Gasteiger partial charge is 0.303 e. The Hall–Kier alpha value is -1.92. The van der Waals surface area contributed by atoms with E-state index in [9.17, 15) is 18.4 Å². The van der Waals surface area contributed by atoms with Gasteiger partial charge in [-0.2, -0.15) is 0 Å². The van der Waals surface area contributed by atoms with Gasteiger partial charge in [0.15, 0.2) is 0 Å². The van der Waals surface area contributed by atoms with Gasteiger partial charge in [0.2, 0.25) is 0 Å². The predicted molar refractivity (Wildman–Crippen MR) is 73.4 cm³/mol. The topological polar surface area (TPSA) is 71.3 Å². The van der Waals surface area contributed by atoms with Crippen LogP contribution in [-0.2, 0) is 11.3 Å². The van der Waals surface area contributed by atoms with Crippen LogP contribution in [0.4, 0.5) is 8.78 Å². The summed E-state index contributed by atoms with van der Waals surface area (Å²) in [6.07, 6.45) is 0.227. The van der Waals surface area contributed by atoms with Crippen LogP contribution in [0.2, 0.25) is 0 Å². The number of aromatic nitrogens is 1. The average molecular weight is 302 g/mol. The summed E-state index contributed by atoms with van der Waals surface area (Å²) in [5.41, 5.74) is 0.202. The van der Waals surface area contributed by atoms with E-state index in [4.69, 9.17) is 5.11 Å². The Kier molecular flexibility index (Phi) is 6.84. The number of nitrogens with one attached hydrogen (secondary N) is 1. The molecule has 1 amide bonds. The number of carboxylic acid groups (broad SMARTS) is 1. The molecule has 0 aliphatic heterocycles. The van der Waals surface area contributed by atoms with Crippen molar-refractivity contribution in [2.24, 2.45) is 5.92 Å². The number of rotatable bonds is 9. The standard InChI is InChI=1S/C14H20F2N2O3/c1-10(4-5-13(19)20)6-7-17-14(21)11-3-2-8-18(11)9-12(15)16/h2-3,8,10,12H,4-7,9H2,1H3,(H,17,21)(H,19,20). The van der Waals surface area contributed by atoms with Crippen molar-refractivity contribution in [1.29, 1.82) is 0 Å². The zero-order valence-electron chi connectivity index (χ0n) is 11.9. The summed E-state index contributed by atoms with van der Waals surface area (Å²) >= 11 is 0. The van der Waals surface area contributed by atoms with Gasteiger partial charge in [-0.1, -0.05) is 6.92 Å². The van der Waals surface area contributed by atoms with Crippen LogP contribution in [0.5, 0.6) is 0 Å². The molecule has 7 heteroatoms. The van der Waals surface area contributed by atoms with Crippen molar-refractivity contribution in [3.05, 3.63) is 24.0 Å². The highest BCUT2D eigenvalue weighted by molar-refractivity contribution is 5.92. The Morgan fingerprint density at radius 3 is 2.71 bits per heavy atom. The largest absolute Gasteiger partial charge is 0.481 e. The molecule has 1 atom stereocenters. The maximum Gasteiger partial charge on any atom is 0.303 e. The fourth-order valence-corrected chi connectivity index (χ4v) is 1.96. The van der Waals surface area contributed by atoms with Crippen LogP contribution in [0.25, 0.3) is 0 Å². The number of carboxylic acids is 1. The SMILES string of the molecule is CC(CCNC(=O)c1cccn1CC(F)F)CCC(=O)O. The highest BCUT2D eigenvalue weighted by Crippen LogP contribution is 2.10. The number of hydrogen-bond acceptors (Lipinski definition) is 2. The van der Waals surface area contributed by atoms with Crippen LogP contribution in [0.3, 0.4) is 0 Å². The molecular weight excluding hydrogens is 282 g/mol. The molecular formula is C14H20F2N2O3. The highest BCUT2D eigenvalue weighted by Gasteiger charge is 2.14. The van der Waals surface area contributed by atoms with Gasteiger partial charge in [-0.15, -0.1) is 0 Å². The predicted octanol–water partition coefficient (Wildman–Crippen LogP) is 2.37. The fraction of sp³-hybridized carbons (Fsp3) is 0.571. The van der Waals surface area contributed by atoms with E-state index >= 15 is 0 Å². The second-order valence-corrected chi connectivity index (χ2v) is 5.02. The van der Waals surface area contributed by atoms with Crippen molar-refractivity contribution < 1.29 is 23.5 Å². The van der Waals surface area contributed by atoms with Gasteiger partial charge >= 0.3 is 5.97 Å². The summed E-state index contributed by atoms with van der Waals surface area (Å²) in [5.74, 6) is -1.06. The molecule has 0 fully saturated rings. The molecule has 1 aromatic heterocycles. The van der Waals surface area contributed by atoms with E-state index in [2.05, 4.69) is 5.32 Å². The number of halogens is 2. The molecule has 1 unspecified atom stereocenters. The van der Waals surface area contributed by atoms with Crippen LogP contribution < -0.4 is 5.32 Å². The number of carbonyl (C=O) groups excluding carboxylic acids is 1. The second-order valence-electron chi connectivity index (χ2n) is 5.02. The van der Waals surface area contributed by atoms with Crippen molar-refractivity contribution in [3.8, 4) is 0 Å². The molecule has 1 heterocycles. The molecule has 1 aromatic rings. The monoisotopic (exact) mass is 302 g/mol. The lowest BCUT2D eigenvalue weighted by atomic mass is 10.0. The molecule has 0 saturated carbocycles. The highest BCUT2D eigenvalue weighted by atomic mass is 19.3. The number of alkyl halides is 2. The molecule has 5 nitrogen and oxygen atoms in total. The zero-order valence-corrected chi connectivity index (χ0v) is 11.9. The minimum Gasteiger partial charge on any atom is -0.481 e. The molecule has 21 heavy (non-hydrogen) atoms. The minimum absolute atomic E-state index is 0.104. The first-order valence-corrected chi connectivity index (χ1v) is 6.83. The zero-order chi connectivity index (χ0) is 15.8. The summed E-state index contributed by atoms with van der Waals surface area (Å²) < 4.78 is 25.9. The Morgan fingerprint density at radius 2 is 2.10 bits per heavy atom. The Labute approximate surface area is 121 Å². The molecule has 0 radical (unpaired) electrons. The number of carbonyl (C=O) groups is 2. The summed E-state index contributed by atoms with van der Waals surface area (Å²) in [7, 11) is 0. The first-order chi connectivity index (χ1) is 9.90. The van der Waals surface area contributed by atoms with Crippen LogP contribution >= 0.6 is 0 Å². The molecule has 1 rings (SSSR count). The molecule has 2 N–H and O–H groups in total. The molecule has 0 aliphatic rings. The van der Waals surface area contributed by atoms with Crippen molar-refractivity contribution in [2.45, 2.75) is 39.2 Å². The molecule has 118 valence electrons. The first-order valence-electron chi connectivity index (χ1n) is 6.83. The van der Waals surface area contributed by atoms with Crippen molar-refractivity contribution in [3.63, 3.8) is 0 Å². The third kappa shape index (κ3) is 6.37. The lowest BCUT2D eigenvalue weighted by Crippen LogP contribution is -2.28. The van der Waals surface area contributed by atoms with Gasteiger partial charge in [0, 0.05) is 19.2 Å². The van der Waals surface area contributed by atoms with Crippen molar-refractivity contribution in [2.75, 3.05) is 6.54 Å². The summed E-state index contributed by atoms with van der Waals surface area (Å²) in [6.45, 7) is 1.79. The number of aliphatic carboxylic acids is 1. The average Bonchev–Trinajstić information content (AvgIpc) is 2.83. The Bertz CT molecular complexity index is 475. The molecule has 0 aromatic carbocycles. The van der Waals surface area contributed by atoms with Gasteiger partial charge < -0.3 is 15.0 Å². The Balaban J connectivity index is 2.37. The number of nitrogens with zero attached hydrogens (tertiary/aromatic N) is 1. The number of amides is 1. The van der Waals surface area contributed by atoms with Gasteiger partial charge in [0.1, 0.15) is 5.69 Å². The third-order valence-electron chi connectivity index (χ3n) is 3.17. The van der Waals surface area contributed by atoms with E-state index in [0.717, 1.165) is 0 Å². The molecule has 0 aliphatic carbocycles. The van der Waals surface area contributed by atoms with E-state index in [1.54, 1.807) is 6.07 Å². The van der Waals surface area contributed by atoms with Crippen LogP contribution in [0.1, 0.15) is 36.7 Å². The van der Waals surface area contributed by atoms with Gasteiger partial charge in [-0.3, -0.25) is 9.59 Å². The second kappa shape index (κ2) is 8.39. The van der Waals surface area contributed by atoms with Crippen molar-refractivity contribution >= 4 is 11.9 Å². The van der Waals surface area contributed by atoms with E-state index in [1.165, 1.54) is 16.8 Å². The van der Waals surface area contributed by atoms with E-state index in [-0.39, 0.29) is 18.0 Å². The van der Waals surface area contributed by atoms with Gasteiger partial charge in [-0.05, 0) is 30.9 Å². The van der Waals surface area contributed by atoms with Gasteiger partial charge in [-0.25, -0.2) is 8.78 Å². The van der Waals surface area contributed by atoms with Crippen LogP contribution in [0.15, 0.2) is 18.3 Å². The van der Waals surface area contributed by atoms with Crippen LogP contribution in [0, 0.1) is 5.92 Å². The number of hydrogen-bond donors (Lipinski definition) is 2. The van der Waals surface area contributed by atoms with Crippen molar-refractivity contribution in [1.82, 2.24) is 9.88 Å². The lowest BCUT2D eigenvalue weighted by Gasteiger charge is -2.12. The van der Waals surface area contributed by atoms with Gasteiger partial charge in [0.05, 0.1) is 6.54 Å².